The van der Waals surface area contributed by atoms with Crippen molar-refractivity contribution < 1.29 is 9.59 Å². The van der Waals surface area contributed by atoms with Crippen LogP contribution in [0.25, 0.3) is 0 Å². The highest BCUT2D eigenvalue weighted by molar-refractivity contribution is 5.75. The van der Waals surface area contributed by atoms with E-state index in [4.69, 9.17) is 0 Å². The predicted molar refractivity (Wildman–Crippen MR) is 181 cm³/mol. The maximum absolute atomic E-state index is 13.9. The van der Waals surface area contributed by atoms with Gasteiger partial charge >= 0.3 is 12.1 Å². The van der Waals surface area contributed by atoms with Crippen molar-refractivity contribution in [1.82, 2.24) is 20.4 Å². The van der Waals surface area contributed by atoms with Crippen LogP contribution in [-0.2, 0) is 13.1 Å². The number of carbonyl (C=O) groups is 2. The molecule has 4 fully saturated rings. The number of hydrogen-bond donors (Lipinski definition) is 2. The second-order valence-electron chi connectivity index (χ2n) is 14.6. The molecule has 0 aliphatic heterocycles. The number of amides is 4. The van der Waals surface area contributed by atoms with Crippen molar-refractivity contribution in [3.8, 4) is 0 Å². The van der Waals surface area contributed by atoms with E-state index < -0.39 is 0 Å². The molecule has 0 aromatic heterocycles. The summed E-state index contributed by atoms with van der Waals surface area (Å²) in [4.78, 5) is 32.2. The van der Waals surface area contributed by atoms with Crippen molar-refractivity contribution in [3.05, 3.63) is 35.4 Å². The molecule has 4 saturated carbocycles. The van der Waals surface area contributed by atoms with Gasteiger partial charge in [-0.25, -0.2) is 9.59 Å². The zero-order valence-electron chi connectivity index (χ0n) is 27.7. The summed E-state index contributed by atoms with van der Waals surface area (Å²) in [7, 11) is 0. The molecule has 246 valence electrons. The zero-order valence-corrected chi connectivity index (χ0v) is 27.7. The van der Waals surface area contributed by atoms with Crippen LogP contribution < -0.4 is 10.6 Å². The summed E-state index contributed by atoms with van der Waals surface area (Å²) in [5.41, 5.74) is 2.38. The van der Waals surface area contributed by atoms with Crippen LogP contribution in [0.1, 0.15) is 165 Å². The summed E-state index contributed by atoms with van der Waals surface area (Å²) in [6, 6.07) is 10.3. The van der Waals surface area contributed by atoms with E-state index in [-0.39, 0.29) is 12.1 Å². The number of benzene rings is 1. The third kappa shape index (κ3) is 10.4. The molecule has 1 aromatic rings. The first kappa shape index (κ1) is 33.1. The maximum Gasteiger partial charge on any atom is 0.318 e. The zero-order chi connectivity index (χ0) is 30.4. The molecule has 0 spiro atoms. The lowest BCUT2D eigenvalue weighted by Gasteiger charge is -2.34. The Morgan fingerprint density at radius 1 is 0.500 bits per heavy atom. The second kappa shape index (κ2) is 18.0. The van der Waals surface area contributed by atoms with Gasteiger partial charge in [0, 0.05) is 37.3 Å². The first-order valence-corrected chi connectivity index (χ1v) is 18.9. The van der Waals surface area contributed by atoms with Crippen LogP contribution in [0.2, 0.25) is 0 Å². The fourth-order valence-corrected chi connectivity index (χ4v) is 8.45. The fourth-order valence-electron chi connectivity index (χ4n) is 8.45. The number of carbonyl (C=O) groups excluding carboxylic acids is 2. The van der Waals surface area contributed by atoms with Crippen LogP contribution in [0.5, 0.6) is 0 Å². The van der Waals surface area contributed by atoms with E-state index in [9.17, 15) is 9.59 Å². The maximum atomic E-state index is 13.9. The van der Waals surface area contributed by atoms with Crippen molar-refractivity contribution in [3.63, 3.8) is 0 Å². The minimum atomic E-state index is 0.136. The summed E-state index contributed by atoms with van der Waals surface area (Å²) >= 11 is 0. The van der Waals surface area contributed by atoms with E-state index >= 15 is 0 Å². The molecule has 4 amide bonds. The Hall–Kier alpha value is -2.24. The smallest absolute Gasteiger partial charge is 0.318 e. The van der Waals surface area contributed by atoms with Gasteiger partial charge in [-0.2, -0.15) is 0 Å². The SMILES string of the molecule is O=C(NC1CCCCCC1)N(Cc1cccc(CN(C(=O)NC2CCCCCC2)C2CCCCCC2)c1)C1CCCCCC1. The number of hydrogen-bond acceptors (Lipinski definition) is 2. The Kier molecular flexibility index (Phi) is 13.6. The van der Waals surface area contributed by atoms with Crippen LogP contribution in [-0.4, -0.2) is 46.0 Å². The quantitative estimate of drug-likeness (QED) is 0.289. The van der Waals surface area contributed by atoms with Gasteiger partial charge in [0.15, 0.2) is 0 Å². The molecular weight excluding hydrogens is 544 g/mol. The highest BCUT2D eigenvalue weighted by atomic mass is 16.2. The molecule has 0 heterocycles. The number of rotatable bonds is 8. The van der Waals surface area contributed by atoms with Gasteiger partial charge in [0.2, 0.25) is 0 Å². The van der Waals surface area contributed by atoms with Crippen molar-refractivity contribution in [1.29, 1.82) is 0 Å². The molecule has 0 atom stereocenters. The third-order valence-corrected chi connectivity index (χ3v) is 11.1. The molecule has 2 N–H and O–H groups in total. The van der Waals surface area contributed by atoms with Crippen LogP contribution in [0.3, 0.4) is 0 Å². The van der Waals surface area contributed by atoms with Crippen molar-refractivity contribution in [2.24, 2.45) is 0 Å². The molecule has 1 aromatic carbocycles. The van der Waals surface area contributed by atoms with Gasteiger partial charge in [-0.3, -0.25) is 0 Å². The van der Waals surface area contributed by atoms with E-state index in [2.05, 4.69) is 44.7 Å². The molecule has 0 radical (unpaired) electrons. The Bertz CT molecular complexity index is 907. The molecule has 5 rings (SSSR count). The van der Waals surface area contributed by atoms with Gasteiger partial charge in [-0.15, -0.1) is 0 Å². The van der Waals surface area contributed by atoms with Gasteiger partial charge in [0.1, 0.15) is 0 Å². The Morgan fingerprint density at radius 2 is 0.818 bits per heavy atom. The summed E-state index contributed by atoms with van der Waals surface area (Å²) in [6.07, 6.45) is 28.9. The summed E-state index contributed by atoms with van der Waals surface area (Å²) < 4.78 is 0. The Labute approximate surface area is 268 Å². The van der Waals surface area contributed by atoms with E-state index in [0.717, 1.165) is 51.4 Å². The average Bonchev–Trinajstić information content (AvgIpc) is 3.64. The average molecular weight is 607 g/mol. The molecule has 4 aliphatic carbocycles. The molecule has 44 heavy (non-hydrogen) atoms. The van der Waals surface area contributed by atoms with Crippen LogP contribution >= 0.6 is 0 Å². The van der Waals surface area contributed by atoms with E-state index in [1.165, 1.54) is 114 Å². The highest BCUT2D eigenvalue weighted by Gasteiger charge is 2.29. The van der Waals surface area contributed by atoms with Crippen LogP contribution in [0.15, 0.2) is 24.3 Å². The minimum absolute atomic E-state index is 0.136. The summed E-state index contributed by atoms with van der Waals surface area (Å²) in [6.45, 7) is 1.30. The molecule has 0 bridgehead atoms. The highest BCUT2D eigenvalue weighted by Crippen LogP contribution is 2.27. The third-order valence-electron chi connectivity index (χ3n) is 11.1. The molecule has 4 aliphatic rings. The van der Waals surface area contributed by atoms with Gasteiger partial charge < -0.3 is 20.4 Å². The molecule has 0 saturated heterocycles. The van der Waals surface area contributed by atoms with Crippen molar-refractivity contribution >= 4 is 12.1 Å². The molecular formula is C38H62N4O2. The summed E-state index contributed by atoms with van der Waals surface area (Å²) in [5.74, 6) is 0. The van der Waals surface area contributed by atoms with Crippen LogP contribution in [0.4, 0.5) is 9.59 Å². The first-order chi connectivity index (χ1) is 21.7. The number of nitrogens with one attached hydrogen (secondary N) is 2. The number of nitrogens with zero attached hydrogens (tertiary/aromatic N) is 2. The van der Waals surface area contributed by atoms with Gasteiger partial charge in [-0.05, 0) is 62.5 Å². The normalized spacial score (nSPS) is 22.2. The van der Waals surface area contributed by atoms with Crippen molar-refractivity contribution in [2.45, 2.75) is 191 Å². The van der Waals surface area contributed by atoms with Gasteiger partial charge in [-0.1, -0.05) is 127 Å². The predicted octanol–water partition coefficient (Wildman–Crippen LogP) is 9.60. The lowest BCUT2D eigenvalue weighted by atomic mass is 10.0. The first-order valence-electron chi connectivity index (χ1n) is 18.9. The molecule has 0 unspecified atom stereocenters. The largest absolute Gasteiger partial charge is 0.335 e. The molecule has 6 heteroatoms. The Balaban J connectivity index is 1.30. The fraction of sp³-hybridized carbons (Fsp3) is 0.789. The van der Waals surface area contributed by atoms with Gasteiger partial charge in [0.25, 0.3) is 0 Å². The number of urea groups is 2. The topological polar surface area (TPSA) is 64.7 Å². The molecule has 6 nitrogen and oxygen atoms in total. The lowest BCUT2D eigenvalue weighted by molar-refractivity contribution is 0.157. The van der Waals surface area contributed by atoms with Crippen molar-refractivity contribution in [2.75, 3.05) is 0 Å². The van der Waals surface area contributed by atoms with E-state index in [0.29, 0.717) is 37.3 Å². The lowest BCUT2D eigenvalue weighted by Crippen LogP contribution is -2.49. The monoisotopic (exact) mass is 606 g/mol. The van der Waals surface area contributed by atoms with Crippen LogP contribution in [0, 0.1) is 0 Å². The van der Waals surface area contributed by atoms with Gasteiger partial charge in [0.05, 0.1) is 0 Å². The second-order valence-corrected chi connectivity index (χ2v) is 14.6. The summed E-state index contributed by atoms with van der Waals surface area (Å²) in [5, 5.41) is 6.95. The Morgan fingerprint density at radius 3 is 1.16 bits per heavy atom. The van der Waals surface area contributed by atoms with E-state index in [1.807, 2.05) is 0 Å². The standard InChI is InChI=1S/C38H62N4O2/c43-37(39-33-20-9-1-2-10-21-33)41(35-24-13-5-6-14-25-35)29-31-18-17-19-32(28-31)30-42(36-26-15-7-8-16-27-36)38(44)40-34-22-11-3-4-12-23-34/h17-19,28,33-36H,1-16,20-27,29-30H2,(H,39,43)(H,40,44). The minimum Gasteiger partial charge on any atom is -0.335 e. The van der Waals surface area contributed by atoms with E-state index in [1.54, 1.807) is 0 Å².